The minimum atomic E-state index is -0.982. The van der Waals surface area contributed by atoms with Crippen LogP contribution in [0.5, 0.6) is 23.0 Å². The molecule has 2 aromatic heterocycles. The van der Waals surface area contributed by atoms with Crippen molar-refractivity contribution in [1.82, 2.24) is 19.5 Å². The highest BCUT2D eigenvalue weighted by Gasteiger charge is 2.41. The summed E-state index contributed by atoms with van der Waals surface area (Å²) in [5.74, 6) is 10.3. The van der Waals surface area contributed by atoms with E-state index in [1.807, 2.05) is 132 Å². The number of methoxy groups -OCH3 is 4. The van der Waals surface area contributed by atoms with Crippen LogP contribution in [0, 0.1) is 18.3 Å². The van der Waals surface area contributed by atoms with E-state index >= 15 is 0 Å². The van der Waals surface area contributed by atoms with Gasteiger partial charge in [0.05, 0.1) is 60.6 Å². The number of fused-ring (bicyclic) bond motifs is 1. The summed E-state index contributed by atoms with van der Waals surface area (Å²) in [6, 6.07) is 60.6. The van der Waals surface area contributed by atoms with Gasteiger partial charge in [0.2, 0.25) is 0 Å². The van der Waals surface area contributed by atoms with Crippen LogP contribution >= 0.6 is 0 Å². The minimum Gasteiger partial charge on any atom is -0.497 e. The molecule has 1 fully saturated rings. The SMILES string of the molecule is COc1ccc(C(OCc2ccccc2C#CCNc2ncnc3c2ncn3[C@H]2C[CH][C@H](COC(c3ccccc3)(c3ccc(OC)cc3)c3ccc(OC)cc3)O2)(c2ccccc2)c2ccc(OC)cc2)cc1. The first-order valence-corrected chi connectivity index (χ1v) is 24.4. The standard InChI is InChI=1S/C62H56N5O7/c1-68-52-29-21-48(22-30-52)61(46-17-7-5-8-18-46,49-23-31-53(69-2)32-24-49)72-40-45-15-12-11-14-44(45)16-13-39-63-59-58-60(65-42-64-59)67(43-66-58)57-38-37-56(74-57)41-73-62(47-19-9-6-10-20-47,50-25-33-54(70-3)34-26-50)51-27-35-55(71-4)36-28-51/h5-12,14-15,17-37,42-43,56-57H,38-41H2,1-4H3,(H,63,64,65)/t56-,57-/m1/s1. The Morgan fingerprint density at radius 3 is 1.54 bits per heavy atom. The molecule has 7 aromatic carbocycles. The van der Waals surface area contributed by atoms with Gasteiger partial charge in [-0.25, -0.2) is 15.0 Å². The molecule has 371 valence electrons. The van der Waals surface area contributed by atoms with Crippen molar-refractivity contribution < 1.29 is 33.2 Å². The molecule has 12 nitrogen and oxygen atoms in total. The molecular weight excluding hydrogens is 927 g/mol. The van der Waals surface area contributed by atoms with Gasteiger partial charge in [0, 0.05) is 5.56 Å². The van der Waals surface area contributed by atoms with Gasteiger partial charge in [-0.1, -0.05) is 139 Å². The van der Waals surface area contributed by atoms with Crippen LogP contribution in [0.4, 0.5) is 5.82 Å². The Balaban J connectivity index is 0.851. The molecule has 12 heteroatoms. The number of benzene rings is 7. The number of aromatic nitrogens is 4. The second kappa shape index (κ2) is 22.5. The normalized spacial score (nSPS) is 14.5. The van der Waals surface area contributed by atoms with Crippen molar-refractivity contribution in [3.63, 3.8) is 0 Å². The molecule has 1 aliphatic heterocycles. The maximum atomic E-state index is 7.21. The number of hydrogen-bond donors (Lipinski definition) is 1. The highest BCUT2D eigenvalue weighted by Crippen LogP contribution is 2.44. The van der Waals surface area contributed by atoms with Gasteiger partial charge in [0.25, 0.3) is 0 Å². The van der Waals surface area contributed by atoms with Gasteiger partial charge in [0.1, 0.15) is 46.8 Å². The first-order valence-electron chi connectivity index (χ1n) is 24.4. The van der Waals surface area contributed by atoms with Crippen LogP contribution in [0.1, 0.15) is 57.2 Å². The minimum absolute atomic E-state index is 0.266. The van der Waals surface area contributed by atoms with Crippen LogP contribution in [0.25, 0.3) is 11.2 Å². The molecule has 1 saturated heterocycles. The molecule has 0 saturated carbocycles. The Morgan fingerprint density at radius 2 is 1.03 bits per heavy atom. The lowest BCUT2D eigenvalue weighted by Crippen LogP contribution is -2.35. The quantitative estimate of drug-likeness (QED) is 0.0616. The van der Waals surface area contributed by atoms with Crippen molar-refractivity contribution >= 4 is 17.0 Å². The van der Waals surface area contributed by atoms with E-state index in [4.69, 9.17) is 38.1 Å². The summed E-state index contributed by atoms with van der Waals surface area (Å²) in [5, 5.41) is 3.39. The largest absolute Gasteiger partial charge is 0.497 e. The Labute approximate surface area is 431 Å². The fourth-order valence-corrected chi connectivity index (χ4v) is 9.64. The van der Waals surface area contributed by atoms with E-state index in [9.17, 15) is 0 Å². The molecule has 0 unspecified atom stereocenters. The summed E-state index contributed by atoms with van der Waals surface area (Å²) in [5.41, 5.74) is 6.82. The van der Waals surface area contributed by atoms with Gasteiger partial charge in [-0.15, -0.1) is 0 Å². The number of rotatable bonds is 19. The van der Waals surface area contributed by atoms with Crippen molar-refractivity contribution in [2.45, 2.75) is 36.6 Å². The van der Waals surface area contributed by atoms with Gasteiger partial charge in [-0.2, -0.15) is 0 Å². The molecule has 0 bridgehead atoms. The van der Waals surface area contributed by atoms with Crippen molar-refractivity contribution in [2.24, 2.45) is 0 Å². The molecule has 0 spiro atoms. The van der Waals surface area contributed by atoms with E-state index in [0.29, 0.717) is 29.9 Å². The molecular formula is C62H56N5O7. The lowest BCUT2D eigenvalue weighted by molar-refractivity contribution is -0.0702. The van der Waals surface area contributed by atoms with E-state index < -0.39 is 11.2 Å². The van der Waals surface area contributed by atoms with Crippen LogP contribution in [0.15, 0.2) is 195 Å². The fourth-order valence-electron chi connectivity index (χ4n) is 9.64. The number of hydrogen-bond acceptors (Lipinski definition) is 11. The van der Waals surface area contributed by atoms with Gasteiger partial charge in [-0.05, 0) is 106 Å². The monoisotopic (exact) mass is 982 g/mol. The lowest BCUT2D eigenvalue weighted by atomic mass is 9.80. The second-order valence-corrected chi connectivity index (χ2v) is 17.6. The predicted molar refractivity (Wildman–Crippen MR) is 285 cm³/mol. The molecule has 3 heterocycles. The van der Waals surface area contributed by atoms with Gasteiger partial charge < -0.3 is 38.5 Å². The second-order valence-electron chi connectivity index (χ2n) is 17.6. The van der Waals surface area contributed by atoms with Crippen molar-refractivity contribution in [1.29, 1.82) is 0 Å². The Kier molecular flexibility index (Phi) is 15.0. The van der Waals surface area contributed by atoms with Gasteiger partial charge >= 0.3 is 0 Å². The third kappa shape index (κ3) is 10.0. The average Bonchev–Trinajstić information content (AvgIpc) is 4.14. The number of ether oxygens (including phenoxy) is 7. The zero-order valence-corrected chi connectivity index (χ0v) is 41.7. The molecule has 0 amide bonds. The third-order valence-corrected chi connectivity index (χ3v) is 13.4. The molecule has 1 N–H and O–H groups in total. The zero-order chi connectivity index (χ0) is 50.7. The predicted octanol–water partition coefficient (Wildman–Crippen LogP) is 11.3. The summed E-state index contributed by atoms with van der Waals surface area (Å²) >= 11 is 0. The maximum Gasteiger partial charge on any atom is 0.167 e. The van der Waals surface area contributed by atoms with Crippen molar-refractivity contribution in [3.05, 3.63) is 246 Å². The number of anilines is 1. The average molecular weight is 983 g/mol. The van der Waals surface area contributed by atoms with Gasteiger partial charge in [-0.3, -0.25) is 4.57 Å². The maximum absolute atomic E-state index is 7.21. The number of nitrogens with zero attached hydrogens (tertiary/aromatic N) is 4. The van der Waals surface area contributed by atoms with E-state index in [0.717, 1.165) is 67.5 Å². The smallest absolute Gasteiger partial charge is 0.167 e. The van der Waals surface area contributed by atoms with Crippen LogP contribution in [0.3, 0.4) is 0 Å². The highest BCUT2D eigenvalue weighted by atomic mass is 16.6. The lowest BCUT2D eigenvalue weighted by Gasteiger charge is -2.37. The zero-order valence-electron chi connectivity index (χ0n) is 41.7. The Bertz CT molecular complexity index is 3230. The van der Waals surface area contributed by atoms with Crippen LogP contribution in [-0.4, -0.2) is 67.2 Å². The van der Waals surface area contributed by atoms with Gasteiger partial charge in [0.15, 0.2) is 17.0 Å². The summed E-state index contributed by atoms with van der Waals surface area (Å²) in [4.78, 5) is 14.0. The van der Waals surface area contributed by atoms with Crippen LogP contribution in [-0.2, 0) is 32.0 Å². The number of nitrogens with one attached hydrogen (secondary N) is 1. The van der Waals surface area contributed by atoms with Crippen molar-refractivity contribution in [3.8, 4) is 34.8 Å². The molecule has 74 heavy (non-hydrogen) atoms. The summed E-state index contributed by atoms with van der Waals surface area (Å²) in [6.07, 6.45) is 5.36. The first-order chi connectivity index (χ1) is 36.4. The van der Waals surface area contributed by atoms with Crippen LogP contribution in [0.2, 0.25) is 0 Å². The molecule has 1 radical (unpaired) electrons. The molecule has 0 aliphatic carbocycles. The summed E-state index contributed by atoms with van der Waals surface area (Å²) < 4.78 is 45.2. The van der Waals surface area contributed by atoms with E-state index in [1.165, 1.54) is 6.33 Å². The topological polar surface area (TPSA) is 120 Å². The number of imidazole rings is 1. The fraction of sp³-hybridized carbons (Fsp3) is 0.194. The Hall–Kier alpha value is -8.47. The molecule has 1 aliphatic rings. The van der Waals surface area contributed by atoms with E-state index in [2.05, 4.69) is 88.1 Å². The van der Waals surface area contributed by atoms with Crippen molar-refractivity contribution in [2.75, 3.05) is 46.9 Å². The van der Waals surface area contributed by atoms with E-state index in [1.54, 1.807) is 34.8 Å². The summed E-state index contributed by atoms with van der Waals surface area (Å²) in [6.45, 7) is 0.839. The van der Waals surface area contributed by atoms with Crippen LogP contribution < -0.4 is 24.3 Å². The third-order valence-electron chi connectivity index (χ3n) is 13.4. The summed E-state index contributed by atoms with van der Waals surface area (Å²) in [7, 11) is 6.66. The van der Waals surface area contributed by atoms with E-state index in [-0.39, 0.29) is 25.5 Å². The molecule has 10 rings (SSSR count). The Morgan fingerprint density at radius 1 is 0.554 bits per heavy atom. The first kappa shape index (κ1) is 49.1. The molecule has 2 atom stereocenters. The molecule has 9 aromatic rings. The highest BCUT2D eigenvalue weighted by molar-refractivity contribution is 5.82.